The number of aliphatic hydroxyl groups excluding tert-OH is 1. The lowest BCUT2D eigenvalue weighted by molar-refractivity contribution is 0.282. The average Bonchev–Trinajstić information content (AvgIpc) is 2.64. The van der Waals surface area contributed by atoms with E-state index in [0.29, 0.717) is 0 Å². The predicted octanol–water partition coefficient (Wildman–Crippen LogP) is 3.84. The van der Waals surface area contributed by atoms with Gasteiger partial charge >= 0.3 is 0 Å². The molecule has 0 saturated heterocycles. The molecule has 0 radical (unpaired) electrons. The zero-order chi connectivity index (χ0) is 11.1. The molecule has 0 aliphatic rings. The largest absolute Gasteiger partial charge is 0.456 e. The Hall–Kier alpha value is -1.32. The second-order valence-corrected chi connectivity index (χ2v) is 4.65. The Morgan fingerprint density at radius 2 is 1.69 bits per heavy atom. The van der Waals surface area contributed by atoms with Crippen LogP contribution in [0.2, 0.25) is 0 Å². The standard InChI is InChI=1S/C13H9BrO2/c14-9-2-4-11-10-3-1-8(7-15)5-12(10)16-13(11)6-9/h1-6,15H,7H2. The van der Waals surface area contributed by atoms with Gasteiger partial charge in [0.1, 0.15) is 11.2 Å². The number of hydrogen-bond acceptors (Lipinski definition) is 2. The molecule has 0 amide bonds. The summed E-state index contributed by atoms with van der Waals surface area (Å²) in [4.78, 5) is 0. The van der Waals surface area contributed by atoms with Gasteiger partial charge in [0, 0.05) is 15.2 Å². The van der Waals surface area contributed by atoms with E-state index >= 15 is 0 Å². The molecule has 16 heavy (non-hydrogen) atoms. The van der Waals surface area contributed by atoms with Crippen LogP contribution in [0.5, 0.6) is 0 Å². The van der Waals surface area contributed by atoms with Gasteiger partial charge in [-0.15, -0.1) is 0 Å². The maximum absolute atomic E-state index is 9.07. The fourth-order valence-electron chi connectivity index (χ4n) is 1.89. The smallest absolute Gasteiger partial charge is 0.136 e. The second-order valence-electron chi connectivity index (χ2n) is 3.73. The minimum atomic E-state index is 0.0384. The van der Waals surface area contributed by atoms with Crippen LogP contribution in [0, 0.1) is 0 Å². The van der Waals surface area contributed by atoms with Crippen molar-refractivity contribution in [1.29, 1.82) is 0 Å². The molecule has 0 aliphatic heterocycles. The number of rotatable bonds is 1. The van der Waals surface area contributed by atoms with Crippen molar-refractivity contribution in [3.05, 3.63) is 46.4 Å². The summed E-state index contributed by atoms with van der Waals surface area (Å²) in [7, 11) is 0. The number of hydrogen-bond donors (Lipinski definition) is 1. The molecule has 0 atom stereocenters. The summed E-state index contributed by atoms with van der Waals surface area (Å²) in [6, 6.07) is 11.8. The molecule has 3 rings (SSSR count). The van der Waals surface area contributed by atoms with Gasteiger partial charge in [-0.25, -0.2) is 0 Å². The molecule has 3 heteroatoms. The Kier molecular flexibility index (Phi) is 2.23. The van der Waals surface area contributed by atoms with Crippen LogP contribution in [-0.2, 0) is 6.61 Å². The van der Waals surface area contributed by atoms with Crippen molar-refractivity contribution >= 4 is 37.9 Å². The van der Waals surface area contributed by atoms with Crippen LogP contribution < -0.4 is 0 Å². The van der Waals surface area contributed by atoms with E-state index in [1.807, 2.05) is 36.4 Å². The normalized spacial score (nSPS) is 11.4. The molecule has 0 bridgehead atoms. The highest BCUT2D eigenvalue weighted by atomic mass is 79.9. The minimum absolute atomic E-state index is 0.0384. The van der Waals surface area contributed by atoms with Crippen LogP contribution in [0.15, 0.2) is 45.3 Å². The monoisotopic (exact) mass is 276 g/mol. The van der Waals surface area contributed by atoms with Gasteiger partial charge in [0.2, 0.25) is 0 Å². The first kappa shape index (κ1) is 9.87. The highest BCUT2D eigenvalue weighted by molar-refractivity contribution is 9.10. The quantitative estimate of drug-likeness (QED) is 0.733. The third-order valence-electron chi connectivity index (χ3n) is 2.68. The molecule has 3 aromatic rings. The van der Waals surface area contributed by atoms with Crippen LogP contribution in [-0.4, -0.2) is 5.11 Å². The van der Waals surface area contributed by atoms with Crippen molar-refractivity contribution in [1.82, 2.24) is 0 Å². The SMILES string of the molecule is OCc1ccc2c(c1)oc1cc(Br)ccc12. The molecule has 0 unspecified atom stereocenters. The van der Waals surface area contributed by atoms with Crippen LogP contribution in [0.3, 0.4) is 0 Å². The van der Waals surface area contributed by atoms with Crippen molar-refractivity contribution in [2.45, 2.75) is 6.61 Å². The number of fused-ring (bicyclic) bond motifs is 3. The van der Waals surface area contributed by atoms with Crippen molar-refractivity contribution < 1.29 is 9.52 Å². The zero-order valence-corrected chi connectivity index (χ0v) is 9.99. The van der Waals surface area contributed by atoms with E-state index in [1.54, 1.807) is 0 Å². The van der Waals surface area contributed by atoms with E-state index in [0.717, 1.165) is 32.0 Å². The Morgan fingerprint density at radius 3 is 2.44 bits per heavy atom. The summed E-state index contributed by atoms with van der Waals surface area (Å²) < 4.78 is 6.74. The van der Waals surface area contributed by atoms with Gasteiger partial charge in [0.25, 0.3) is 0 Å². The summed E-state index contributed by atoms with van der Waals surface area (Å²) in [5.74, 6) is 0. The lowest BCUT2D eigenvalue weighted by Crippen LogP contribution is -1.80. The molecule has 2 nitrogen and oxygen atoms in total. The van der Waals surface area contributed by atoms with Gasteiger partial charge in [-0.1, -0.05) is 28.1 Å². The fourth-order valence-corrected chi connectivity index (χ4v) is 2.23. The summed E-state index contributed by atoms with van der Waals surface area (Å²) in [5.41, 5.74) is 2.55. The summed E-state index contributed by atoms with van der Waals surface area (Å²) >= 11 is 3.42. The zero-order valence-electron chi connectivity index (χ0n) is 8.40. The van der Waals surface area contributed by atoms with E-state index in [4.69, 9.17) is 9.52 Å². The van der Waals surface area contributed by atoms with Gasteiger partial charge in [-0.3, -0.25) is 0 Å². The van der Waals surface area contributed by atoms with Crippen molar-refractivity contribution in [3.8, 4) is 0 Å². The van der Waals surface area contributed by atoms with Crippen molar-refractivity contribution in [2.75, 3.05) is 0 Å². The molecule has 2 aromatic carbocycles. The number of aliphatic hydroxyl groups is 1. The predicted molar refractivity (Wildman–Crippen MR) is 67.3 cm³/mol. The lowest BCUT2D eigenvalue weighted by Gasteiger charge is -1.94. The van der Waals surface area contributed by atoms with Gasteiger partial charge in [-0.05, 0) is 29.8 Å². The molecular formula is C13H9BrO2. The van der Waals surface area contributed by atoms with Crippen LogP contribution in [0.4, 0.5) is 0 Å². The first-order valence-electron chi connectivity index (χ1n) is 4.99. The number of halogens is 1. The molecular weight excluding hydrogens is 268 g/mol. The van der Waals surface area contributed by atoms with E-state index in [1.165, 1.54) is 0 Å². The molecule has 1 heterocycles. The third kappa shape index (κ3) is 1.44. The molecule has 80 valence electrons. The molecule has 0 aliphatic carbocycles. The minimum Gasteiger partial charge on any atom is -0.456 e. The van der Waals surface area contributed by atoms with Crippen LogP contribution in [0.25, 0.3) is 21.9 Å². The third-order valence-corrected chi connectivity index (χ3v) is 3.18. The summed E-state index contributed by atoms with van der Waals surface area (Å²) in [6.45, 7) is 0.0384. The van der Waals surface area contributed by atoms with E-state index in [9.17, 15) is 0 Å². The highest BCUT2D eigenvalue weighted by Gasteiger charge is 2.07. The first-order valence-corrected chi connectivity index (χ1v) is 5.79. The number of furan rings is 1. The maximum atomic E-state index is 9.07. The van der Waals surface area contributed by atoms with Gasteiger partial charge in [-0.2, -0.15) is 0 Å². The molecule has 0 fully saturated rings. The number of benzene rings is 2. The first-order chi connectivity index (χ1) is 7.78. The van der Waals surface area contributed by atoms with E-state index in [2.05, 4.69) is 15.9 Å². The maximum Gasteiger partial charge on any atom is 0.136 e. The average molecular weight is 277 g/mol. The Morgan fingerprint density at radius 1 is 1.00 bits per heavy atom. The molecule has 0 saturated carbocycles. The second kappa shape index (κ2) is 3.61. The molecule has 1 N–H and O–H groups in total. The molecule has 0 spiro atoms. The Balaban J connectivity index is 2.40. The van der Waals surface area contributed by atoms with Crippen LogP contribution >= 0.6 is 15.9 Å². The highest BCUT2D eigenvalue weighted by Crippen LogP contribution is 2.31. The topological polar surface area (TPSA) is 33.4 Å². The van der Waals surface area contributed by atoms with Gasteiger partial charge in [0.15, 0.2) is 0 Å². The van der Waals surface area contributed by atoms with Crippen molar-refractivity contribution in [2.24, 2.45) is 0 Å². The van der Waals surface area contributed by atoms with Crippen LogP contribution in [0.1, 0.15) is 5.56 Å². The van der Waals surface area contributed by atoms with E-state index in [-0.39, 0.29) is 6.61 Å². The fraction of sp³-hybridized carbons (Fsp3) is 0.0769. The van der Waals surface area contributed by atoms with Crippen molar-refractivity contribution in [3.63, 3.8) is 0 Å². The van der Waals surface area contributed by atoms with Gasteiger partial charge in [0.05, 0.1) is 6.61 Å². The Labute approximate surface area is 101 Å². The van der Waals surface area contributed by atoms with Gasteiger partial charge < -0.3 is 9.52 Å². The van der Waals surface area contributed by atoms with E-state index < -0.39 is 0 Å². The lowest BCUT2D eigenvalue weighted by atomic mass is 10.1. The summed E-state index contributed by atoms with van der Waals surface area (Å²) in [5, 5.41) is 11.2. The summed E-state index contributed by atoms with van der Waals surface area (Å²) in [6.07, 6.45) is 0. The Bertz CT molecular complexity index is 670. The molecule has 1 aromatic heterocycles.